The van der Waals surface area contributed by atoms with Crippen LogP contribution in [-0.2, 0) is 9.53 Å². The average molecular weight is 227 g/mol. The van der Waals surface area contributed by atoms with Crippen LogP contribution in [0.1, 0.15) is 27.2 Å². The Morgan fingerprint density at radius 2 is 1.80 bits per heavy atom. The summed E-state index contributed by atoms with van der Waals surface area (Å²) in [5.41, 5.74) is -0.471. The zero-order chi connectivity index (χ0) is 12.1. The first-order chi connectivity index (χ1) is 6.60. The molecule has 0 aliphatic carbocycles. The highest BCUT2D eigenvalue weighted by Crippen LogP contribution is 2.18. The van der Waals surface area contributed by atoms with E-state index in [1.807, 2.05) is 0 Å². The van der Waals surface area contributed by atoms with E-state index in [0.717, 1.165) is 0 Å². The van der Waals surface area contributed by atoms with Crippen molar-refractivity contribution >= 4 is 5.91 Å². The van der Waals surface area contributed by atoms with Crippen molar-refractivity contribution in [3.8, 4) is 0 Å². The average Bonchev–Trinajstić information content (AvgIpc) is 1.97. The van der Waals surface area contributed by atoms with Crippen LogP contribution in [0.25, 0.3) is 0 Å². The van der Waals surface area contributed by atoms with Crippen molar-refractivity contribution in [3.63, 3.8) is 0 Å². The Labute approximate surface area is 87.0 Å². The first-order valence-corrected chi connectivity index (χ1v) is 4.57. The summed E-state index contributed by atoms with van der Waals surface area (Å²) >= 11 is 0. The van der Waals surface area contributed by atoms with Crippen molar-refractivity contribution in [1.82, 2.24) is 5.32 Å². The van der Waals surface area contributed by atoms with Crippen molar-refractivity contribution in [2.45, 2.75) is 39.0 Å². The number of alkyl halides is 3. The van der Waals surface area contributed by atoms with Crippen LogP contribution in [0, 0.1) is 0 Å². The van der Waals surface area contributed by atoms with Gasteiger partial charge in [-0.1, -0.05) is 0 Å². The van der Waals surface area contributed by atoms with Crippen LogP contribution in [0.3, 0.4) is 0 Å². The zero-order valence-corrected chi connectivity index (χ0v) is 9.07. The molecule has 0 unspecified atom stereocenters. The molecular formula is C9H16F3NO2. The maximum Gasteiger partial charge on any atom is 0.390 e. The molecule has 0 saturated carbocycles. The number of carbonyl (C=O) groups excluding carboxylic acids is 1. The quantitative estimate of drug-likeness (QED) is 0.796. The first kappa shape index (κ1) is 14.2. The largest absolute Gasteiger partial charge is 0.390 e. The third kappa shape index (κ3) is 11.1. The lowest BCUT2D eigenvalue weighted by molar-refractivity contribution is -0.138. The van der Waals surface area contributed by atoms with Crippen molar-refractivity contribution < 1.29 is 22.7 Å². The van der Waals surface area contributed by atoms with Gasteiger partial charge in [0.15, 0.2) is 0 Å². The van der Waals surface area contributed by atoms with E-state index in [0.29, 0.717) is 0 Å². The molecule has 0 radical (unpaired) electrons. The van der Waals surface area contributed by atoms with Gasteiger partial charge < -0.3 is 10.1 Å². The molecule has 0 saturated heterocycles. The van der Waals surface area contributed by atoms with Crippen molar-refractivity contribution in [3.05, 3.63) is 0 Å². The Hall–Kier alpha value is -0.780. The lowest BCUT2D eigenvalue weighted by Gasteiger charge is -2.19. The number of rotatable bonds is 4. The van der Waals surface area contributed by atoms with Gasteiger partial charge >= 0.3 is 6.18 Å². The van der Waals surface area contributed by atoms with Gasteiger partial charge in [0, 0.05) is 6.54 Å². The minimum atomic E-state index is -4.24. The van der Waals surface area contributed by atoms with Crippen LogP contribution in [0.2, 0.25) is 0 Å². The molecule has 0 aliphatic heterocycles. The lowest BCUT2D eigenvalue weighted by atomic mass is 10.2. The summed E-state index contributed by atoms with van der Waals surface area (Å²) in [6.45, 7) is 4.65. The van der Waals surface area contributed by atoms with E-state index in [-0.39, 0.29) is 6.61 Å². The number of halogens is 3. The van der Waals surface area contributed by atoms with Crippen molar-refractivity contribution in [2.24, 2.45) is 0 Å². The molecule has 0 aromatic carbocycles. The molecule has 0 bridgehead atoms. The van der Waals surface area contributed by atoms with E-state index in [9.17, 15) is 18.0 Å². The predicted octanol–water partition coefficient (Wildman–Crippen LogP) is 1.87. The highest BCUT2D eigenvalue weighted by atomic mass is 19.4. The summed E-state index contributed by atoms with van der Waals surface area (Å²) in [6, 6.07) is 0. The molecule has 1 amide bonds. The molecule has 0 heterocycles. The highest BCUT2D eigenvalue weighted by molar-refractivity contribution is 5.77. The van der Waals surface area contributed by atoms with Gasteiger partial charge in [0.25, 0.3) is 0 Å². The maximum atomic E-state index is 11.7. The molecular weight excluding hydrogens is 211 g/mol. The van der Waals surface area contributed by atoms with E-state index in [4.69, 9.17) is 4.74 Å². The van der Waals surface area contributed by atoms with Gasteiger partial charge in [0.05, 0.1) is 12.0 Å². The Balaban J connectivity index is 3.60. The lowest BCUT2D eigenvalue weighted by Crippen LogP contribution is -2.34. The minimum Gasteiger partial charge on any atom is -0.366 e. The standard InChI is InChI=1S/C9H16F3NO2/c1-8(2,3)15-6-7(14)13-5-4-9(10,11)12/h4-6H2,1-3H3,(H,13,14). The second-order valence-corrected chi connectivity index (χ2v) is 4.12. The van der Waals surface area contributed by atoms with Gasteiger partial charge in [-0.25, -0.2) is 0 Å². The van der Waals surface area contributed by atoms with Gasteiger partial charge in [0.2, 0.25) is 5.91 Å². The molecule has 0 atom stereocenters. The maximum absolute atomic E-state index is 11.7. The zero-order valence-electron chi connectivity index (χ0n) is 9.07. The summed E-state index contributed by atoms with van der Waals surface area (Å²) in [5.74, 6) is -0.533. The summed E-state index contributed by atoms with van der Waals surface area (Å²) in [6.07, 6.45) is -5.26. The van der Waals surface area contributed by atoms with Crippen LogP contribution in [-0.4, -0.2) is 30.8 Å². The van der Waals surface area contributed by atoms with E-state index in [1.54, 1.807) is 20.8 Å². The fourth-order valence-electron chi connectivity index (χ4n) is 0.677. The second-order valence-electron chi connectivity index (χ2n) is 4.12. The van der Waals surface area contributed by atoms with E-state index >= 15 is 0 Å². The van der Waals surface area contributed by atoms with E-state index in [1.165, 1.54) is 0 Å². The highest BCUT2D eigenvalue weighted by Gasteiger charge is 2.26. The Bertz CT molecular complexity index is 208. The van der Waals surface area contributed by atoms with Gasteiger partial charge in [-0.05, 0) is 20.8 Å². The molecule has 0 aliphatic rings. The molecule has 15 heavy (non-hydrogen) atoms. The van der Waals surface area contributed by atoms with Crippen molar-refractivity contribution in [2.75, 3.05) is 13.2 Å². The molecule has 3 nitrogen and oxygen atoms in total. The van der Waals surface area contributed by atoms with E-state index in [2.05, 4.69) is 5.32 Å². The molecule has 0 aromatic rings. The Morgan fingerprint density at radius 3 is 2.20 bits per heavy atom. The number of ether oxygens (including phenoxy) is 1. The Kier molecular flexibility index (Phi) is 5.07. The third-order valence-electron chi connectivity index (χ3n) is 1.37. The normalized spacial score (nSPS) is 12.7. The third-order valence-corrected chi connectivity index (χ3v) is 1.37. The molecule has 6 heteroatoms. The fraction of sp³-hybridized carbons (Fsp3) is 0.889. The van der Waals surface area contributed by atoms with Crippen LogP contribution in [0.4, 0.5) is 13.2 Å². The van der Waals surface area contributed by atoms with Gasteiger partial charge in [-0.2, -0.15) is 13.2 Å². The first-order valence-electron chi connectivity index (χ1n) is 4.57. The summed E-state index contributed by atoms with van der Waals surface area (Å²) in [7, 11) is 0. The van der Waals surface area contributed by atoms with Gasteiger partial charge in [-0.3, -0.25) is 4.79 Å². The van der Waals surface area contributed by atoms with Gasteiger partial charge in [-0.15, -0.1) is 0 Å². The van der Waals surface area contributed by atoms with E-state index < -0.39 is 30.7 Å². The molecule has 1 N–H and O–H groups in total. The molecule has 0 aromatic heterocycles. The smallest absolute Gasteiger partial charge is 0.366 e. The molecule has 0 spiro atoms. The van der Waals surface area contributed by atoms with Crippen LogP contribution in [0.15, 0.2) is 0 Å². The number of hydrogen-bond acceptors (Lipinski definition) is 2. The number of carbonyl (C=O) groups is 1. The number of nitrogens with one attached hydrogen (secondary N) is 1. The topological polar surface area (TPSA) is 38.3 Å². The Morgan fingerprint density at radius 1 is 1.27 bits per heavy atom. The predicted molar refractivity (Wildman–Crippen MR) is 49.4 cm³/mol. The van der Waals surface area contributed by atoms with Crippen LogP contribution < -0.4 is 5.32 Å². The number of hydrogen-bond donors (Lipinski definition) is 1. The van der Waals surface area contributed by atoms with Crippen molar-refractivity contribution in [1.29, 1.82) is 0 Å². The molecule has 0 rings (SSSR count). The molecule has 90 valence electrons. The summed E-state index contributed by atoms with van der Waals surface area (Å²) < 4.78 is 40.2. The minimum absolute atomic E-state index is 0.221. The SMILES string of the molecule is CC(C)(C)OCC(=O)NCCC(F)(F)F. The summed E-state index contributed by atoms with van der Waals surface area (Å²) in [5, 5.41) is 2.13. The van der Waals surface area contributed by atoms with Crippen LogP contribution in [0.5, 0.6) is 0 Å². The van der Waals surface area contributed by atoms with Crippen LogP contribution >= 0.6 is 0 Å². The molecule has 0 fully saturated rings. The second kappa shape index (κ2) is 5.34. The fourth-order valence-corrected chi connectivity index (χ4v) is 0.677. The monoisotopic (exact) mass is 227 g/mol. The summed E-state index contributed by atoms with van der Waals surface area (Å²) in [4.78, 5) is 11.0. The number of amides is 1. The van der Waals surface area contributed by atoms with Gasteiger partial charge in [0.1, 0.15) is 6.61 Å².